The largest absolute Gasteiger partial charge is 0.324 e. The molecular weight excluding hydrogens is 392 g/mol. The molecular formula is C24H28N4OS. The first-order valence-corrected chi connectivity index (χ1v) is 11.6. The van der Waals surface area contributed by atoms with Crippen molar-refractivity contribution in [3.05, 3.63) is 65.7 Å². The minimum Gasteiger partial charge on any atom is -0.324 e. The third-order valence-electron chi connectivity index (χ3n) is 5.48. The number of likely N-dealkylation sites (tertiary alicyclic amines) is 1. The molecule has 4 rings (SSSR count). The van der Waals surface area contributed by atoms with Crippen LogP contribution in [0, 0.1) is 6.92 Å². The first kappa shape index (κ1) is 20.7. The summed E-state index contributed by atoms with van der Waals surface area (Å²) in [4.78, 5) is 24.7. The number of benzene rings is 2. The van der Waals surface area contributed by atoms with E-state index in [1.165, 1.54) is 5.56 Å². The number of carbonyl (C=O) groups excluding carboxylic acids is 1. The fourth-order valence-electron chi connectivity index (χ4n) is 3.74. The fourth-order valence-corrected chi connectivity index (χ4v) is 4.67. The summed E-state index contributed by atoms with van der Waals surface area (Å²) in [5.41, 5.74) is 3.70. The van der Waals surface area contributed by atoms with E-state index in [-0.39, 0.29) is 6.03 Å². The lowest BCUT2D eigenvalue weighted by molar-refractivity contribution is 0.175. The van der Waals surface area contributed by atoms with Gasteiger partial charge < -0.3 is 10.2 Å². The number of rotatable bonds is 4. The number of anilines is 1. The van der Waals surface area contributed by atoms with Gasteiger partial charge in [0.05, 0.1) is 5.71 Å². The highest BCUT2D eigenvalue weighted by molar-refractivity contribution is 8.15. The summed E-state index contributed by atoms with van der Waals surface area (Å²) in [5, 5.41) is 4.04. The molecule has 0 bridgehead atoms. The molecule has 0 radical (unpaired) electrons. The minimum absolute atomic E-state index is 0.0523. The number of piperidine rings is 1. The van der Waals surface area contributed by atoms with E-state index in [0.29, 0.717) is 13.1 Å². The number of amides is 2. The van der Waals surface area contributed by atoms with Gasteiger partial charge >= 0.3 is 6.03 Å². The summed E-state index contributed by atoms with van der Waals surface area (Å²) >= 11 is 1.79. The van der Waals surface area contributed by atoms with Gasteiger partial charge in [-0.05, 0) is 31.2 Å². The normalized spacial score (nSPS) is 17.6. The van der Waals surface area contributed by atoms with Crippen LogP contribution in [0.5, 0.6) is 0 Å². The van der Waals surface area contributed by atoms with E-state index in [0.717, 1.165) is 47.0 Å². The van der Waals surface area contributed by atoms with Crippen LogP contribution >= 0.6 is 11.8 Å². The smallest absolute Gasteiger partial charge is 0.321 e. The van der Waals surface area contributed by atoms with Gasteiger partial charge in [-0.25, -0.2) is 9.79 Å². The molecule has 2 aliphatic rings. The van der Waals surface area contributed by atoms with Gasteiger partial charge in [-0.1, -0.05) is 55.0 Å². The molecule has 1 saturated heterocycles. The van der Waals surface area contributed by atoms with Gasteiger partial charge in [0.15, 0.2) is 5.66 Å². The number of urea groups is 1. The summed E-state index contributed by atoms with van der Waals surface area (Å²) in [6, 6.07) is 18.1. The van der Waals surface area contributed by atoms with Crippen LogP contribution in [-0.2, 0) is 0 Å². The Bertz CT molecular complexity index is 945. The average molecular weight is 421 g/mol. The first-order valence-electron chi connectivity index (χ1n) is 10.6. The third-order valence-corrected chi connectivity index (χ3v) is 6.65. The highest BCUT2D eigenvalue weighted by atomic mass is 32.2. The summed E-state index contributed by atoms with van der Waals surface area (Å²) in [6.07, 6.45) is 2.60. The second-order valence-electron chi connectivity index (χ2n) is 7.86. The van der Waals surface area contributed by atoms with Crippen LogP contribution in [0.4, 0.5) is 10.5 Å². The molecule has 0 saturated carbocycles. The van der Waals surface area contributed by atoms with E-state index in [2.05, 4.69) is 24.4 Å². The van der Waals surface area contributed by atoms with Crippen molar-refractivity contribution in [3.63, 3.8) is 0 Å². The van der Waals surface area contributed by atoms with Gasteiger partial charge in [0, 0.05) is 37.2 Å². The van der Waals surface area contributed by atoms with Crippen molar-refractivity contribution in [2.45, 2.75) is 38.8 Å². The van der Waals surface area contributed by atoms with Gasteiger partial charge in [-0.2, -0.15) is 0 Å². The Kier molecular flexibility index (Phi) is 6.23. The topological polar surface area (TPSA) is 57.1 Å². The number of aryl methyl sites for hydroxylation is 1. The monoisotopic (exact) mass is 420 g/mol. The second kappa shape index (κ2) is 9.04. The van der Waals surface area contributed by atoms with Gasteiger partial charge in [0.2, 0.25) is 0 Å². The Morgan fingerprint density at radius 3 is 2.43 bits per heavy atom. The predicted octanol–water partition coefficient (Wildman–Crippen LogP) is 5.36. The van der Waals surface area contributed by atoms with Crippen molar-refractivity contribution in [1.82, 2.24) is 4.90 Å². The molecule has 0 aliphatic carbocycles. The Labute approximate surface area is 182 Å². The zero-order valence-electron chi connectivity index (χ0n) is 17.6. The van der Waals surface area contributed by atoms with Crippen LogP contribution in [0.1, 0.15) is 37.3 Å². The van der Waals surface area contributed by atoms with Crippen LogP contribution in [0.15, 0.2) is 64.6 Å². The molecule has 5 nitrogen and oxygen atoms in total. The highest BCUT2D eigenvalue weighted by Crippen LogP contribution is 2.35. The van der Waals surface area contributed by atoms with Crippen LogP contribution in [0.25, 0.3) is 0 Å². The summed E-state index contributed by atoms with van der Waals surface area (Å²) in [7, 11) is 0. The molecule has 2 amide bonds. The molecule has 0 aromatic heterocycles. The molecule has 1 fully saturated rings. The van der Waals surface area contributed by atoms with Gasteiger partial charge in [0.1, 0.15) is 5.04 Å². The van der Waals surface area contributed by atoms with Crippen molar-refractivity contribution >= 4 is 34.2 Å². The lowest BCUT2D eigenvalue weighted by Crippen LogP contribution is -2.46. The van der Waals surface area contributed by atoms with E-state index < -0.39 is 5.66 Å². The van der Waals surface area contributed by atoms with Crippen LogP contribution in [-0.4, -0.2) is 46.2 Å². The SMILES string of the molecule is CCCSC1=NC2(CCN(C(=O)Nc3ccc(C)cc3)CC2)N=C1c1ccccc1. The summed E-state index contributed by atoms with van der Waals surface area (Å²) in [6.45, 7) is 5.52. The number of nitrogens with one attached hydrogen (secondary N) is 1. The van der Waals surface area contributed by atoms with Gasteiger partial charge in [-0.15, -0.1) is 11.8 Å². The maximum atomic E-state index is 12.7. The Balaban J connectivity index is 1.45. The molecule has 2 aromatic rings. The van der Waals surface area contributed by atoms with E-state index in [1.54, 1.807) is 11.8 Å². The Morgan fingerprint density at radius 2 is 1.77 bits per heavy atom. The molecule has 30 heavy (non-hydrogen) atoms. The summed E-state index contributed by atoms with van der Waals surface area (Å²) in [5.74, 6) is 1.03. The molecule has 156 valence electrons. The predicted molar refractivity (Wildman–Crippen MR) is 127 cm³/mol. The molecule has 0 unspecified atom stereocenters. The van der Waals surface area contributed by atoms with Crippen LogP contribution in [0.3, 0.4) is 0 Å². The molecule has 2 heterocycles. The number of carbonyl (C=O) groups is 1. The molecule has 1 spiro atoms. The molecule has 6 heteroatoms. The molecule has 2 aliphatic heterocycles. The maximum Gasteiger partial charge on any atom is 0.321 e. The molecule has 1 N–H and O–H groups in total. The van der Waals surface area contributed by atoms with Crippen molar-refractivity contribution in [2.24, 2.45) is 9.98 Å². The summed E-state index contributed by atoms with van der Waals surface area (Å²) < 4.78 is 0. The van der Waals surface area contributed by atoms with Crippen molar-refractivity contribution in [3.8, 4) is 0 Å². The van der Waals surface area contributed by atoms with Gasteiger partial charge in [-0.3, -0.25) is 4.99 Å². The van der Waals surface area contributed by atoms with E-state index in [4.69, 9.17) is 9.98 Å². The number of nitrogens with zero attached hydrogens (tertiary/aromatic N) is 3. The highest BCUT2D eigenvalue weighted by Gasteiger charge is 2.40. The van der Waals surface area contributed by atoms with E-state index in [1.807, 2.05) is 54.3 Å². The maximum absolute atomic E-state index is 12.7. The van der Waals surface area contributed by atoms with E-state index >= 15 is 0 Å². The Hall–Kier alpha value is -2.60. The lowest BCUT2D eigenvalue weighted by atomic mass is 9.98. The number of hydrogen-bond donors (Lipinski definition) is 1. The quantitative estimate of drug-likeness (QED) is 0.723. The number of aliphatic imine (C=N–C) groups is 2. The van der Waals surface area contributed by atoms with Gasteiger partial charge in [0.25, 0.3) is 0 Å². The fraction of sp³-hybridized carbons (Fsp3) is 0.375. The molecule has 0 atom stereocenters. The van der Waals surface area contributed by atoms with Crippen LogP contribution in [0.2, 0.25) is 0 Å². The second-order valence-corrected chi connectivity index (χ2v) is 8.94. The number of thioether (sulfide) groups is 1. The van der Waals surface area contributed by atoms with Crippen molar-refractivity contribution in [2.75, 3.05) is 24.2 Å². The van der Waals surface area contributed by atoms with Crippen molar-refractivity contribution < 1.29 is 4.79 Å². The zero-order chi connectivity index (χ0) is 21.0. The van der Waals surface area contributed by atoms with E-state index in [9.17, 15) is 4.79 Å². The zero-order valence-corrected chi connectivity index (χ0v) is 18.4. The Morgan fingerprint density at radius 1 is 1.07 bits per heavy atom. The number of hydrogen-bond acceptors (Lipinski definition) is 4. The third kappa shape index (κ3) is 4.59. The van der Waals surface area contributed by atoms with Crippen LogP contribution < -0.4 is 5.32 Å². The molecule has 2 aromatic carbocycles. The lowest BCUT2D eigenvalue weighted by Gasteiger charge is -2.35. The van der Waals surface area contributed by atoms with Crippen molar-refractivity contribution in [1.29, 1.82) is 0 Å². The minimum atomic E-state index is -0.429. The first-order chi connectivity index (χ1) is 14.6. The average Bonchev–Trinajstić information content (AvgIpc) is 3.13. The standard InChI is InChI=1S/C24H28N4OS/c1-3-17-30-22-21(19-7-5-4-6-8-19)26-24(27-22)13-15-28(16-14-24)23(29)25-20-11-9-18(2)10-12-20/h4-12H,3,13-17H2,1-2H3,(H,25,29).